The van der Waals surface area contributed by atoms with Crippen molar-refractivity contribution in [3.63, 3.8) is 0 Å². The molecule has 4 aromatic rings. The third-order valence-electron chi connectivity index (χ3n) is 7.37. The van der Waals surface area contributed by atoms with Gasteiger partial charge in [-0.1, -0.05) is 76.2 Å². The van der Waals surface area contributed by atoms with E-state index in [4.69, 9.17) is 20.4 Å². The Hall–Kier alpha value is -5.24. The largest absolute Gasteiger partial charge is 0.478 e. The zero-order valence-electron chi connectivity index (χ0n) is 23.7. The molecule has 0 spiro atoms. The molecule has 0 aliphatic heterocycles. The lowest BCUT2D eigenvalue weighted by Gasteiger charge is -2.26. The minimum atomic E-state index is -0.980. The van der Waals surface area contributed by atoms with Crippen molar-refractivity contribution in [1.82, 2.24) is 0 Å². The maximum atomic E-state index is 11.1. The summed E-state index contributed by atoms with van der Waals surface area (Å²) in [6.45, 7) is 7.90. The van der Waals surface area contributed by atoms with Gasteiger partial charge in [0.15, 0.2) is 0 Å². The van der Waals surface area contributed by atoms with E-state index in [0.29, 0.717) is 0 Å². The first kappa shape index (κ1) is 31.3. The van der Waals surface area contributed by atoms with Gasteiger partial charge in [-0.2, -0.15) is 0 Å². The monoisotopic (exact) mass is 568 g/mol. The normalized spacial score (nSPS) is 11.1. The highest BCUT2D eigenvalue weighted by Crippen LogP contribution is 2.33. The fourth-order valence-corrected chi connectivity index (χ4v) is 4.47. The molecule has 0 fully saturated rings. The van der Waals surface area contributed by atoms with Crippen LogP contribution in [0.3, 0.4) is 0 Å². The first-order chi connectivity index (χ1) is 19.6. The highest BCUT2D eigenvalue weighted by Gasteiger charge is 2.25. The van der Waals surface area contributed by atoms with Crippen LogP contribution in [0.15, 0.2) is 97.1 Å². The molecule has 0 aliphatic rings. The third-order valence-corrected chi connectivity index (χ3v) is 7.37. The number of carboxylic acid groups (broad SMARTS) is 4. The number of hydrogen-bond acceptors (Lipinski definition) is 4. The van der Waals surface area contributed by atoms with Crippen LogP contribution in [-0.2, 0) is 10.8 Å². The van der Waals surface area contributed by atoms with E-state index in [1.54, 1.807) is 72.8 Å². The predicted octanol–water partition coefficient (Wildman–Crippen LogP) is 6.82. The quantitative estimate of drug-likeness (QED) is 0.181. The van der Waals surface area contributed by atoms with Gasteiger partial charge in [-0.3, -0.25) is 0 Å². The molecule has 8 heteroatoms. The Labute approximate surface area is 243 Å². The van der Waals surface area contributed by atoms with Crippen LogP contribution in [0.25, 0.3) is 0 Å². The number of carboxylic acids is 4. The number of carbonyl (C=O) groups is 4. The fraction of sp³-hybridized carbons (Fsp3) is 0.176. The Bertz CT molecular complexity index is 1500. The summed E-state index contributed by atoms with van der Waals surface area (Å²) in [5.41, 5.74) is 3.68. The van der Waals surface area contributed by atoms with E-state index in [1.807, 2.05) is 39.8 Å². The minimum Gasteiger partial charge on any atom is -0.478 e. The van der Waals surface area contributed by atoms with E-state index < -0.39 is 29.3 Å². The lowest BCUT2D eigenvalue weighted by Crippen LogP contribution is -2.20. The molecular formula is C34H32O8. The molecule has 0 atom stereocenters. The third kappa shape index (κ3) is 7.09. The molecule has 0 amide bonds. The molecule has 0 heterocycles. The minimum absolute atomic E-state index is 0.218. The Morgan fingerprint density at radius 3 is 0.976 bits per heavy atom. The highest BCUT2D eigenvalue weighted by atomic mass is 16.4. The standard InChI is InChI=1S/2C17H16O4/c1-17(2,13-7-3-11(4-8-13)15(18)19)14-9-5-12(6-10-14)16(20)21;1-17(2,13-7-3-5-11(9-13)15(18)19)14-8-4-6-12(10-14)16(20)21/h2*3-10H,1-2H3,(H,18,19)(H,20,21). The van der Waals surface area contributed by atoms with Crippen LogP contribution < -0.4 is 0 Å². The Balaban J connectivity index is 0.000000230. The molecule has 4 rings (SSSR count). The van der Waals surface area contributed by atoms with Crippen LogP contribution >= 0.6 is 0 Å². The molecule has 4 aromatic carbocycles. The molecule has 0 radical (unpaired) electrons. The topological polar surface area (TPSA) is 149 Å². The molecule has 0 aliphatic carbocycles. The molecule has 0 aromatic heterocycles. The summed E-state index contributed by atoms with van der Waals surface area (Å²) in [4.78, 5) is 43.9. The van der Waals surface area contributed by atoms with Crippen molar-refractivity contribution in [1.29, 1.82) is 0 Å². The lowest BCUT2D eigenvalue weighted by atomic mass is 9.77. The van der Waals surface area contributed by atoms with Crippen LogP contribution in [0.1, 0.15) is 91.4 Å². The summed E-state index contributed by atoms with van der Waals surface area (Å²) in [5.74, 6) is -3.87. The van der Waals surface area contributed by atoms with Crippen molar-refractivity contribution < 1.29 is 39.6 Å². The van der Waals surface area contributed by atoms with E-state index in [9.17, 15) is 19.2 Å². The van der Waals surface area contributed by atoms with Gasteiger partial charge in [0.1, 0.15) is 0 Å². The average Bonchev–Trinajstić information content (AvgIpc) is 2.97. The maximum Gasteiger partial charge on any atom is 0.335 e. The van der Waals surface area contributed by atoms with Gasteiger partial charge in [-0.25, -0.2) is 19.2 Å². The summed E-state index contributed by atoms with van der Waals surface area (Å²) >= 11 is 0. The molecular weight excluding hydrogens is 536 g/mol. The zero-order valence-corrected chi connectivity index (χ0v) is 23.7. The van der Waals surface area contributed by atoms with E-state index in [-0.39, 0.29) is 27.7 Å². The second-order valence-corrected chi connectivity index (χ2v) is 10.8. The van der Waals surface area contributed by atoms with Crippen molar-refractivity contribution in [2.75, 3.05) is 0 Å². The first-order valence-electron chi connectivity index (χ1n) is 13.0. The van der Waals surface area contributed by atoms with Crippen LogP contribution in [-0.4, -0.2) is 44.3 Å². The van der Waals surface area contributed by atoms with Crippen molar-refractivity contribution >= 4 is 23.9 Å². The molecule has 0 unspecified atom stereocenters. The summed E-state index contributed by atoms with van der Waals surface area (Å²) in [5, 5.41) is 36.0. The van der Waals surface area contributed by atoms with Crippen LogP contribution in [0, 0.1) is 0 Å². The van der Waals surface area contributed by atoms with Gasteiger partial charge >= 0.3 is 23.9 Å². The van der Waals surface area contributed by atoms with Crippen molar-refractivity contribution in [2.24, 2.45) is 0 Å². The van der Waals surface area contributed by atoms with Gasteiger partial charge in [0.25, 0.3) is 0 Å². The summed E-state index contributed by atoms with van der Waals surface area (Å²) in [6, 6.07) is 26.8. The molecule has 0 saturated heterocycles. The second kappa shape index (κ2) is 12.5. The fourth-order valence-electron chi connectivity index (χ4n) is 4.47. The van der Waals surface area contributed by atoms with Crippen LogP contribution in [0.4, 0.5) is 0 Å². The molecule has 4 N–H and O–H groups in total. The molecule has 42 heavy (non-hydrogen) atoms. The van der Waals surface area contributed by atoms with Crippen LogP contribution in [0.5, 0.6) is 0 Å². The van der Waals surface area contributed by atoms with Gasteiger partial charge in [-0.05, 0) is 70.8 Å². The second-order valence-electron chi connectivity index (χ2n) is 10.8. The van der Waals surface area contributed by atoms with Gasteiger partial charge in [0.2, 0.25) is 0 Å². The van der Waals surface area contributed by atoms with Gasteiger partial charge < -0.3 is 20.4 Å². The average molecular weight is 569 g/mol. The molecule has 8 nitrogen and oxygen atoms in total. The highest BCUT2D eigenvalue weighted by molar-refractivity contribution is 5.89. The Morgan fingerprint density at radius 1 is 0.405 bits per heavy atom. The number of rotatable bonds is 8. The van der Waals surface area contributed by atoms with E-state index in [0.717, 1.165) is 22.3 Å². The summed E-state index contributed by atoms with van der Waals surface area (Å²) in [6.07, 6.45) is 0. The number of benzene rings is 4. The van der Waals surface area contributed by atoms with Crippen molar-refractivity contribution in [3.05, 3.63) is 142 Å². The molecule has 0 saturated carbocycles. The molecule has 0 bridgehead atoms. The van der Waals surface area contributed by atoms with E-state index >= 15 is 0 Å². The zero-order chi connectivity index (χ0) is 31.2. The smallest absolute Gasteiger partial charge is 0.335 e. The Morgan fingerprint density at radius 2 is 0.690 bits per heavy atom. The SMILES string of the molecule is CC(C)(c1ccc(C(=O)O)cc1)c1ccc(C(=O)O)cc1.CC(C)(c1cccc(C(=O)O)c1)c1cccc(C(=O)O)c1. The summed E-state index contributed by atoms with van der Waals surface area (Å²) < 4.78 is 0. The van der Waals surface area contributed by atoms with Crippen molar-refractivity contribution in [3.8, 4) is 0 Å². The van der Waals surface area contributed by atoms with Crippen molar-refractivity contribution in [2.45, 2.75) is 38.5 Å². The van der Waals surface area contributed by atoms with E-state index in [2.05, 4.69) is 0 Å². The van der Waals surface area contributed by atoms with Gasteiger partial charge in [0, 0.05) is 10.8 Å². The van der Waals surface area contributed by atoms with E-state index in [1.165, 1.54) is 12.1 Å². The van der Waals surface area contributed by atoms with Gasteiger partial charge in [0.05, 0.1) is 22.3 Å². The maximum absolute atomic E-state index is 11.1. The number of hydrogen-bond donors (Lipinski definition) is 4. The lowest BCUT2D eigenvalue weighted by molar-refractivity contribution is 0.0686. The predicted molar refractivity (Wildman–Crippen MR) is 158 cm³/mol. The summed E-state index contributed by atoms with van der Waals surface area (Å²) in [7, 11) is 0. The molecule has 216 valence electrons. The number of aromatic carboxylic acids is 4. The van der Waals surface area contributed by atoms with Crippen LogP contribution in [0.2, 0.25) is 0 Å². The first-order valence-corrected chi connectivity index (χ1v) is 13.0. The van der Waals surface area contributed by atoms with Gasteiger partial charge in [-0.15, -0.1) is 0 Å². The Kier molecular flexibility index (Phi) is 9.32.